The van der Waals surface area contributed by atoms with Gasteiger partial charge in [-0.25, -0.2) is 0 Å². The summed E-state index contributed by atoms with van der Waals surface area (Å²) in [6, 6.07) is 7.12. The standard InChI is InChI=1S/C18H20F3N3O2/c1-3-11(2)16(25)24(14-8-9-14)10-12-4-6-13(7-5-12)15-22-17(26-23-15)18(19,20)21/h4-7,11,14H,3,8-10H2,1-2H3. The van der Waals surface area contributed by atoms with Gasteiger partial charge in [-0.3, -0.25) is 4.79 Å². The van der Waals surface area contributed by atoms with Gasteiger partial charge in [0.15, 0.2) is 0 Å². The lowest BCUT2D eigenvalue weighted by Crippen LogP contribution is -2.36. The molecule has 1 unspecified atom stereocenters. The van der Waals surface area contributed by atoms with E-state index in [1.165, 1.54) is 0 Å². The summed E-state index contributed by atoms with van der Waals surface area (Å²) in [5.74, 6) is -1.35. The number of aromatic nitrogens is 2. The Balaban J connectivity index is 1.73. The van der Waals surface area contributed by atoms with Crippen molar-refractivity contribution in [3.05, 3.63) is 35.7 Å². The maximum absolute atomic E-state index is 12.5. The predicted molar refractivity (Wildman–Crippen MR) is 87.8 cm³/mol. The number of carbonyl (C=O) groups excluding carboxylic acids is 1. The zero-order chi connectivity index (χ0) is 18.9. The molecule has 0 aliphatic heterocycles. The topological polar surface area (TPSA) is 59.2 Å². The highest BCUT2D eigenvalue weighted by atomic mass is 19.4. The first-order valence-electron chi connectivity index (χ1n) is 8.60. The van der Waals surface area contributed by atoms with Crippen molar-refractivity contribution in [1.82, 2.24) is 15.0 Å². The van der Waals surface area contributed by atoms with E-state index in [2.05, 4.69) is 14.7 Å². The van der Waals surface area contributed by atoms with Crippen LogP contribution in [-0.4, -0.2) is 27.0 Å². The first-order chi connectivity index (χ1) is 12.3. The van der Waals surface area contributed by atoms with E-state index in [1.807, 2.05) is 18.7 Å². The molecule has 1 fully saturated rings. The molecule has 26 heavy (non-hydrogen) atoms. The lowest BCUT2D eigenvalue weighted by atomic mass is 10.1. The predicted octanol–water partition coefficient (Wildman–Crippen LogP) is 4.29. The Bertz CT molecular complexity index is 767. The molecule has 0 saturated heterocycles. The van der Waals surface area contributed by atoms with Gasteiger partial charge in [-0.15, -0.1) is 0 Å². The van der Waals surface area contributed by atoms with Gasteiger partial charge in [0, 0.05) is 24.1 Å². The Labute approximate surface area is 149 Å². The molecule has 1 amide bonds. The number of halogens is 3. The highest BCUT2D eigenvalue weighted by Gasteiger charge is 2.38. The van der Waals surface area contributed by atoms with Crippen molar-refractivity contribution in [3.8, 4) is 11.4 Å². The van der Waals surface area contributed by atoms with Crippen LogP contribution in [0, 0.1) is 5.92 Å². The summed E-state index contributed by atoms with van der Waals surface area (Å²) in [4.78, 5) is 17.8. The Morgan fingerprint density at radius 1 is 1.31 bits per heavy atom. The largest absolute Gasteiger partial charge is 0.471 e. The van der Waals surface area contributed by atoms with Crippen molar-refractivity contribution in [2.45, 2.75) is 51.9 Å². The fraction of sp³-hybridized carbons (Fsp3) is 0.500. The summed E-state index contributed by atoms with van der Waals surface area (Å²) < 4.78 is 41.9. The van der Waals surface area contributed by atoms with Gasteiger partial charge in [-0.2, -0.15) is 18.2 Å². The van der Waals surface area contributed by atoms with E-state index in [0.717, 1.165) is 24.8 Å². The highest BCUT2D eigenvalue weighted by Crippen LogP contribution is 2.31. The lowest BCUT2D eigenvalue weighted by molar-refractivity contribution is -0.159. The molecule has 8 heteroatoms. The normalized spacial score (nSPS) is 15.7. The van der Waals surface area contributed by atoms with Gasteiger partial charge in [-0.1, -0.05) is 43.3 Å². The molecule has 1 aromatic heterocycles. The van der Waals surface area contributed by atoms with Crippen LogP contribution in [0.2, 0.25) is 0 Å². The zero-order valence-corrected chi connectivity index (χ0v) is 14.6. The molecule has 1 aliphatic carbocycles. The SMILES string of the molecule is CCC(C)C(=O)N(Cc1ccc(-c2noc(C(F)(F)F)n2)cc1)C1CC1. The molecule has 1 saturated carbocycles. The monoisotopic (exact) mass is 367 g/mol. The summed E-state index contributed by atoms with van der Waals surface area (Å²) in [5, 5.41) is 3.37. The minimum atomic E-state index is -4.66. The molecule has 0 N–H and O–H groups in total. The van der Waals surface area contributed by atoms with Gasteiger partial charge in [0.05, 0.1) is 0 Å². The Hall–Kier alpha value is -2.38. The van der Waals surface area contributed by atoms with Crippen LogP contribution in [0.5, 0.6) is 0 Å². The van der Waals surface area contributed by atoms with Crippen LogP contribution in [0.4, 0.5) is 13.2 Å². The van der Waals surface area contributed by atoms with Crippen molar-refractivity contribution in [3.63, 3.8) is 0 Å². The van der Waals surface area contributed by atoms with E-state index in [9.17, 15) is 18.0 Å². The van der Waals surface area contributed by atoms with Gasteiger partial charge in [0.25, 0.3) is 0 Å². The summed E-state index contributed by atoms with van der Waals surface area (Å²) >= 11 is 0. The number of hydrogen-bond donors (Lipinski definition) is 0. The number of amides is 1. The number of alkyl halides is 3. The van der Waals surface area contributed by atoms with Crippen molar-refractivity contribution >= 4 is 5.91 Å². The first-order valence-corrected chi connectivity index (χ1v) is 8.60. The smallest absolute Gasteiger partial charge is 0.335 e. The van der Waals surface area contributed by atoms with Gasteiger partial charge in [-0.05, 0) is 24.8 Å². The maximum atomic E-state index is 12.5. The molecule has 3 rings (SSSR count). The molecule has 1 heterocycles. The fourth-order valence-electron chi connectivity index (χ4n) is 2.64. The molecule has 0 bridgehead atoms. The summed E-state index contributed by atoms with van der Waals surface area (Å²) in [7, 11) is 0. The van der Waals surface area contributed by atoms with Gasteiger partial charge >= 0.3 is 12.1 Å². The molecule has 1 atom stereocenters. The minimum Gasteiger partial charge on any atom is -0.335 e. The van der Waals surface area contributed by atoms with Gasteiger partial charge < -0.3 is 9.42 Å². The van der Waals surface area contributed by atoms with Gasteiger partial charge in [0.1, 0.15) is 0 Å². The van der Waals surface area contributed by atoms with Crippen molar-refractivity contribution in [1.29, 1.82) is 0 Å². The van der Waals surface area contributed by atoms with Gasteiger partial charge in [0.2, 0.25) is 11.7 Å². The lowest BCUT2D eigenvalue weighted by Gasteiger charge is -2.25. The molecule has 1 aromatic carbocycles. The Kier molecular flexibility index (Phi) is 5.02. The van der Waals surface area contributed by atoms with E-state index in [4.69, 9.17) is 0 Å². The summed E-state index contributed by atoms with van der Waals surface area (Å²) in [5.41, 5.74) is 1.34. The third-order valence-electron chi connectivity index (χ3n) is 4.54. The fourth-order valence-corrected chi connectivity index (χ4v) is 2.64. The van der Waals surface area contributed by atoms with E-state index in [-0.39, 0.29) is 17.6 Å². The van der Waals surface area contributed by atoms with E-state index >= 15 is 0 Å². The average Bonchev–Trinajstić information content (AvgIpc) is 3.32. The molecule has 0 radical (unpaired) electrons. The molecule has 2 aromatic rings. The van der Waals surface area contributed by atoms with Crippen LogP contribution in [0.1, 0.15) is 44.6 Å². The molecule has 140 valence electrons. The second kappa shape index (κ2) is 7.09. The molecule has 1 aliphatic rings. The van der Waals surface area contributed by atoms with Crippen molar-refractivity contribution in [2.24, 2.45) is 5.92 Å². The number of carbonyl (C=O) groups is 1. The van der Waals surface area contributed by atoms with Crippen LogP contribution >= 0.6 is 0 Å². The zero-order valence-electron chi connectivity index (χ0n) is 14.6. The Morgan fingerprint density at radius 3 is 2.46 bits per heavy atom. The molecule has 0 spiro atoms. The number of benzene rings is 1. The third-order valence-corrected chi connectivity index (χ3v) is 4.54. The number of nitrogens with zero attached hydrogens (tertiary/aromatic N) is 3. The van der Waals surface area contributed by atoms with Crippen LogP contribution in [0.25, 0.3) is 11.4 Å². The number of hydrogen-bond acceptors (Lipinski definition) is 4. The summed E-state index contributed by atoms with van der Waals surface area (Å²) in [6.07, 6.45) is -1.83. The maximum Gasteiger partial charge on any atom is 0.471 e. The van der Waals surface area contributed by atoms with Crippen LogP contribution in [-0.2, 0) is 17.5 Å². The second-order valence-electron chi connectivity index (χ2n) is 6.62. The summed E-state index contributed by atoms with van der Waals surface area (Å²) in [6.45, 7) is 4.41. The van der Waals surface area contributed by atoms with Crippen molar-refractivity contribution < 1.29 is 22.5 Å². The first kappa shape index (κ1) is 18.4. The minimum absolute atomic E-state index is 0.0185. The second-order valence-corrected chi connectivity index (χ2v) is 6.62. The number of rotatable bonds is 6. The van der Waals surface area contributed by atoms with Crippen LogP contribution < -0.4 is 0 Å². The molecule has 5 nitrogen and oxygen atoms in total. The average molecular weight is 367 g/mol. The van der Waals surface area contributed by atoms with E-state index in [1.54, 1.807) is 24.3 Å². The molecular weight excluding hydrogens is 347 g/mol. The Morgan fingerprint density at radius 2 is 1.96 bits per heavy atom. The van der Waals surface area contributed by atoms with Crippen molar-refractivity contribution in [2.75, 3.05) is 0 Å². The highest BCUT2D eigenvalue weighted by molar-refractivity contribution is 5.79. The third kappa shape index (κ3) is 4.05. The van der Waals surface area contributed by atoms with E-state index in [0.29, 0.717) is 18.2 Å². The van der Waals surface area contributed by atoms with Crippen LogP contribution in [0.15, 0.2) is 28.8 Å². The molecular formula is C18H20F3N3O2. The quantitative estimate of drug-likeness (QED) is 0.764. The van der Waals surface area contributed by atoms with Crippen LogP contribution in [0.3, 0.4) is 0 Å². The van der Waals surface area contributed by atoms with E-state index < -0.39 is 12.1 Å².